The molecule has 1 aliphatic rings. The van der Waals surface area contributed by atoms with E-state index in [2.05, 4.69) is 20.9 Å². The second kappa shape index (κ2) is 12.8. The summed E-state index contributed by atoms with van der Waals surface area (Å²) in [7, 11) is 0. The lowest BCUT2D eigenvalue weighted by molar-refractivity contribution is -0.385. The molecule has 1 aliphatic heterocycles. The van der Waals surface area contributed by atoms with Crippen molar-refractivity contribution in [2.45, 2.75) is 26.8 Å². The zero-order chi connectivity index (χ0) is 29.8. The van der Waals surface area contributed by atoms with E-state index in [1.165, 1.54) is 22.8 Å². The van der Waals surface area contributed by atoms with E-state index < -0.39 is 40.8 Å². The van der Waals surface area contributed by atoms with Gasteiger partial charge in [0.2, 0.25) is 5.75 Å². The molecule has 3 aromatic rings. The minimum absolute atomic E-state index is 0.127. The van der Waals surface area contributed by atoms with E-state index in [4.69, 9.17) is 25.8 Å². The molecule has 1 atom stereocenters. The fourth-order valence-corrected chi connectivity index (χ4v) is 6.10. The third-order valence-electron chi connectivity index (χ3n) is 5.90. The SMILES string of the molecule is CCOC(=O)COc1c(Br)cc(/C=c2\sc3n(c2=O)[C@@H](c2ccccc2Cl)C(C(=O)OCC)=C(C)N=3)cc1[N+](=O)[O-]. The van der Waals surface area contributed by atoms with Gasteiger partial charge in [-0.25, -0.2) is 14.6 Å². The lowest BCUT2D eigenvalue weighted by atomic mass is 9.96. The lowest BCUT2D eigenvalue weighted by Crippen LogP contribution is -2.40. The summed E-state index contributed by atoms with van der Waals surface area (Å²) in [4.78, 5) is 54.5. The number of nitrogens with zero attached hydrogens (tertiary/aromatic N) is 3. The van der Waals surface area contributed by atoms with Gasteiger partial charge in [0.05, 0.1) is 38.4 Å². The zero-order valence-corrected chi connectivity index (χ0v) is 25.2. The number of aromatic nitrogens is 1. The van der Waals surface area contributed by atoms with E-state index in [0.717, 1.165) is 11.3 Å². The fraction of sp³-hybridized carbons (Fsp3) is 0.259. The van der Waals surface area contributed by atoms with Crippen molar-refractivity contribution in [1.29, 1.82) is 0 Å². The summed E-state index contributed by atoms with van der Waals surface area (Å²) in [5, 5.41) is 12.2. The molecule has 0 saturated carbocycles. The Bertz CT molecular complexity index is 1760. The van der Waals surface area contributed by atoms with Crippen molar-refractivity contribution in [1.82, 2.24) is 4.57 Å². The number of hydrogen-bond donors (Lipinski definition) is 0. The molecule has 0 fully saturated rings. The van der Waals surface area contributed by atoms with E-state index >= 15 is 0 Å². The summed E-state index contributed by atoms with van der Waals surface area (Å²) in [5.41, 5.74) is 0.489. The number of ether oxygens (including phenoxy) is 3. The molecule has 0 saturated heterocycles. The quantitative estimate of drug-likeness (QED) is 0.190. The summed E-state index contributed by atoms with van der Waals surface area (Å²) in [6.45, 7) is 4.71. The van der Waals surface area contributed by atoms with Gasteiger partial charge in [-0.3, -0.25) is 19.5 Å². The lowest BCUT2D eigenvalue weighted by Gasteiger charge is -2.25. The summed E-state index contributed by atoms with van der Waals surface area (Å²) >= 11 is 10.8. The van der Waals surface area contributed by atoms with Crippen LogP contribution < -0.4 is 19.6 Å². The Hall–Kier alpha value is -3.81. The van der Waals surface area contributed by atoms with Crippen LogP contribution in [0.3, 0.4) is 0 Å². The van der Waals surface area contributed by atoms with Gasteiger partial charge in [-0.05, 0) is 66.0 Å². The molecule has 4 rings (SSSR count). The number of allylic oxidation sites excluding steroid dienone is 1. The molecule has 11 nitrogen and oxygen atoms in total. The largest absolute Gasteiger partial charge is 0.474 e. The first kappa shape index (κ1) is 30.2. The minimum Gasteiger partial charge on any atom is -0.474 e. The summed E-state index contributed by atoms with van der Waals surface area (Å²) < 4.78 is 17.2. The number of benzene rings is 2. The van der Waals surface area contributed by atoms with Crippen LogP contribution in [0.1, 0.15) is 37.9 Å². The highest BCUT2D eigenvalue weighted by Crippen LogP contribution is 2.37. The molecule has 0 spiro atoms. The van der Waals surface area contributed by atoms with E-state index in [1.807, 2.05) is 0 Å². The second-order valence-electron chi connectivity index (χ2n) is 8.53. The fourth-order valence-electron chi connectivity index (χ4n) is 4.23. The van der Waals surface area contributed by atoms with Crippen molar-refractivity contribution in [2.24, 2.45) is 4.99 Å². The number of rotatable bonds is 9. The number of halogens is 2. The number of thiazole rings is 1. The van der Waals surface area contributed by atoms with Crippen molar-refractivity contribution in [3.05, 3.63) is 98.1 Å². The first-order chi connectivity index (χ1) is 19.6. The Morgan fingerprint density at radius 3 is 2.59 bits per heavy atom. The number of carbonyl (C=O) groups excluding carboxylic acids is 2. The summed E-state index contributed by atoms with van der Waals surface area (Å²) in [6.07, 6.45) is 1.48. The maximum Gasteiger partial charge on any atom is 0.344 e. The molecule has 214 valence electrons. The Morgan fingerprint density at radius 1 is 1.22 bits per heavy atom. The Balaban J connectivity index is 1.86. The molecule has 0 aliphatic carbocycles. The molecule has 0 N–H and O–H groups in total. The number of nitro groups is 1. The molecule has 0 bridgehead atoms. The van der Waals surface area contributed by atoms with Crippen molar-refractivity contribution in [2.75, 3.05) is 19.8 Å². The molecule has 1 aromatic heterocycles. The van der Waals surface area contributed by atoms with Gasteiger partial charge in [0, 0.05) is 11.1 Å². The highest BCUT2D eigenvalue weighted by molar-refractivity contribution is 9.10. The number of carbonyl (C=O) groups is 2. The van der Waals surface area contributed by atoms with E-state index in [0.29, 0.717) is 26.6 Å². The highest BCUT2D eigenvalue weighted by atomic mass is 79.9. The first-order valence-electron chi connectivity index (χ1n) is 12.3. The average molecular weight is 665 g/mol. The summed E-state index contributed by atoms with van der Waals surface area (Å²) in [6, 6.07) is 8.71. The Morgan fingerprint density at radius 2 is 1.93 bits per heavy atom. The minimum atomic E-state index is -0.902. The predicted molar refractivity (Wildman–Crippen MR) is 155 cm³/mol. The molecule has 41 heavy (non-hydrogen) atoms. The Kier molecular flexibility index (Phi) is 9.41. The van der Waals surface area contributed by atoms with Crippen LogP contribution in [0.15, 0.2) is 61.9 Å². The van der Waals surface area contributed by atoms with Crippen LogP contribution in [0.4, 0.5) is 5.69 Å². The van der Waals surface area contributed by atoms with E-state index in [1.54, 1.807) is 45.0 Å². The third-order valence-corrected chi connectivity index (χ3v) is 7.81. The van der Waals surface area contributed by atoms with Gasteiger partial charge in [-0.1, -0.05) is 41.1 Å². The van der Waals surface area contributed by atoms with Crippen LogP contribution in [-0.2, 0) is 19.1 Å². The number of esters is 2. The van der Waals surface area contributed by atoms with Gasteiger partial charge in [0.15, 0.2) is 11.4 Å². The Labute approximate surface area is 250 Å². The van der Waals surface area contributed by atoms with Crippen LogP contribution >= 0.6 is 38.9 Å². The second-order valence-corrected chi connectivity index (χ2v) is 10.8. The van der Waals surface area contributed by atoms with E-state index in [-0.39, 0.29) is 33.5 Å². The van der Waals surface area contributed by atoms with Crippen molar-refractivity contribution in [3.63, 3.8) is 0 Å². The van der Waals surface area contributed by atoms with Gasteiger partial charge in [0.1, 0.15) is 6.04 Å². The van der Waals surface area contributed by atoms with Gasteiger partial charge in [-0.2, -0.15) is 0 Å². The predicted octanol–water partition coefficient (Wildman–Crippen LogP) is 4.06. The molecule has 2 aromatic carbocycles. The van der Waals surface area contributed by atoms with Gasteiger partial charge in [0.25, 0.3) is 5.56 Å². The van der Waals surface area contributed by atoms with Crippen LogP contribution in [-0.4, -0.2) is 41.2 Å². The highest BCUT2D eigenvalue weighted by Gasteiger charge is 2.34. The molecule has 0 unspecified atom stereocenters. The maximum atomic E-state index is 13.8. The molecular formula is C27H23BrClN3O8S. The van der Waals surface area contributed by atoms with Gasteiger partial charge < -0.3 is 14.2 Å². The third kappa shape index (κ3) is 6.26. The zero-order valence-electron chi connectivity index (χ0n) is 22.0. The molecule has 0 radical (unpaired) electrons. The van der Waals surface area contributed by atoms with Gasteiger partial charge >= 0.3 is 17.6 Å². The smallest absolute Gasteiger partial charge is 0.344 e. The van der Waals surface area contributed by atoms with Crippen LogP contribution in [0.25, 0.3) is 6.08 Å². The number of fused-ring (bicyclic) bond motifs is 1. The van der Waals surface area contributed by atoms with Crippen LogP contribution in [0, 0.1) is 10.1 Å². The molecular weight excluding hydrogens is 642 g/mol. The van der Waals surface area contributed by atoms with Crippen molar-refractivity contribution in [3.8, 4) is 5.75 Å². The normalized spacial score (nSPS) is 14.8. The van der Waals surface area contributed by atoms with Gasteiger partial charge in [-0.15, -0.1) is 0 Å². The first-order valence-corrected chi connectivity index (χ1v) is 14.3. The maximum absolute atomic E-state index is 13.8. The average Bonchev–Trinajstić information content (AvgIpc) is 3.21. The monoisotopic (exact) mass is 663 g/mol. The topological polar surface area (TPSA) is 139 Å². The number of hydrogen-bond acceptors (Lipinski definition) is 10. The molecule has 14 heteroatoms. The van der Waals surface area contributed by atoms with Crippen molar-refractivity contribution < 1.29 is 28.7 Å². The standard InChI is InChI=1S/C27H23BrClN3O8S/c1-4-38-21(33)13-40-24-17(28)10-15(11-19(24)32(36)37)12-20-25(34)31-23(16-8-6-7-9-18(16)29)22(26(35)39-5-2)14(3)30-27(31)41-20/h6-12,23H,4-5,13H2,1-3H3/b20-12-/t23-/m0/s1. The van der Waals surface area contributed by atoms with Crippen LogP contribution in [0.5, 0.6) is 5.75 Å². The van der Waals surface area contributed by atoms with Crippen molar-refractivity contribution >= 4 is 62.6 Å². The number of nitro benzene ring substituents is 1. The molecule has 2 heterocycles. The molecule has 0 amide bonds. The van der Waals surface area contributed by atoms with Crippen LogP contribution in [0.2, 0.25) is 5.02 Å². The summed E-state index contributed by atoms with van der Waals surface area (Å²) in [5.74, 6) is -1.45. The van der Waals surface area contributed by atoms with E-state index in [9.17, 15) is 24.5 Å².